The second-order valence-corrected chi connectivity index (χ2v) is 16.2. The Balaban J connectivity index is 1.63. The zero-order chi connectivity index (χ0) is 32.5. The number of Topliss-reactive ketones (excluding diaryl/α,β-unsaturated/α-hetero) is 1. The predicted octanol–water partition coefficient (Wildman–Crippen LogP) is 3.52. The Morgan fingerprint density at radius 1 is 1.09 bits per heavy atom. The molecule has 0 aromatic heterocycles. The van der Waals surface area contributed by atoms with Crippen LogP contribution in [0.4, 0.5) is 0 Å². The number of aliphatic hydroxyl groups excluding tert-OH is 1. The van der Waals surface area contributed by atoms with Crippen LogP contribution in [0.15, 0.2) is 41.5 Å². The molecular formula is C33H42O10S2. The summed E-state index contributed by atoms with van der Waals surface area (Å²) in [6.07, 6.45) is -5.18. The number of benzene rings is 1. The molecular weight excluding hydrogens is 620 g/mol. The maximum Gasteiger partial charge on any atom is 0.338 e. The number of thioether (sulfide) groups is 2. The van der Waals surface area contributed by atoms with E-state index < -0.39 is 70.4 Å². The molecule has 2 saturated heterocycles. The smallest absolute Gasteiger partial charge is 0.338 e. The maximum absolute atomic E-state index is 15.3. The second-order valence-electron chi connectivity index (χ2n) is 13.5. The Morgan fingerprint density at radius 3 is 2.33 bits per heavy atom. The van der Waals surface area contributed by atoms with E-state index in [1.165, 1.54) is 14.0 Å². The molecule has 2 saturated carbocycles. The van der Waals surface area contributed by atoms with Crippen molar-refractivity contribution in [1.82, 2.24) is 0 Å². The molecule has 1 aromatic carbocycles. The molecule has 10 nitrogen and oxygen atoms in total. The lowest BCUT2D eigenvalue weighted by atomic mass is 9.44. The van der Waals surface area contributed by atoms with Crippen molar-refractivity contribution in [2.24, 2.45) is 16.7 Å². The number of carbonyl (C=O) groups is 3. The number of hydrogen-bond acceptors (Lipinski definition) is 12. The monoisotopic (exact) mass is 662 g/mol. The number of ether oxygens (including phenoxy) is 5. The molecule has 0 radical (unpaired) electrons. The Labute approximate surface area is 271 Å². The van der Waals surface area contributed by atoms with Crippen LogP contribution in [0.3, 0.4) is 0 Å². The SMILES string of the molecule is CO[C@H]1C(=O)[C@]2(C)[C@@H](OC3SCCS3)C[C@H]3OC[C@@]3(OC(C)=O)[C@H]2[C@H](OC(=O)c2ccccc2)[C@]2(O)C[C@H](O)C(C)=C1C2(C)C. The highest BCUT2D eigenvalue weighted by Gasteiger charge is 2.78. The summed E-state index contributed by atoms with van der Waals surface area (Å²) in [5, 5.41) is 24.6. The van der Waals surface area contributed by atoms with Crippen LogP contribution in [0, 0.1) is 16.7 Å². The van der Waals surface area contributed by atoms with Crippen molar-refractivity contribution in [1.29, 1.82) is 0 Å². The van der Waals surface area contributed by atoms with E-state index in [9.17, 15) is 19.8 Å². The minimum atomic E-state index is -1.94. The molecule has 0 unspecified atom stereocenters. The van der Waals surface area contributed by atoms with E-state index in [4.69, 9.17) is 23.7 Å². The highest BCUT2D eigenvalue weighted by Crippen LogP contribution is 2.65. The number of hydrogen-bond donors (Lipinski definition) is 2. The van der Waals surface area contributed by atoms with Crippen molar-refractivity contribution >= 4 is 41.2 Å². The van der Waals surface area contributed by atoms with Crippen LogP contribution in [-0.4, -0.2) is 99.6 Å². The molecule has 0 amide bonds. The molecule has 2 bridgehead atoms. The minimum Gasteiger partial charge on any atom is -0.455 e. The molecule has 2 aliphatic heterocycles. The van der Waals surface area contributed by atoms with Crippen LogP contribution in [0.1, 0.15) is 57.8 Å². The van der Waals surface area contributed by atoms with Gasteiger partial charge in [-0.3, -0.25) is 9.59 Å². The highest BCUT2D eigenvalue weighted by molar-refractivity contribution is 8.19. The molecule has 9 atom stereocenters. The molecule has 6 rings (SSSR count). The first-order valence-corrected chi connectivity index (χ1v) is 17.5. The van der Waals surface area contributed by atoms with Gasteiger partial charge in [0.1, 0.15) is 28.7 Å². The number of fused-ring (bicyclic) bond motifs is 5. The number of ketones is 1. The summed E-state index contributed by atoms with van der Waals surface area (Å²) in [7, 11) is 1.43. The van der Waals surface area contributed by atoms with Crippen molar-refractivity contribution in [2.45, 2.75) is 94.0 Å². The normalized spacial score (nSPS) is 40.8. The fraction of sp³-hybridized carbons (Fsp3) is 0.667. The number of methoxy groups -OCH3 is 1. The first-order chi connectivity index (χ1) is 21.2. The second kappa shape index (κ2) is 11.6. The summed E-state index contributed by atoms with van der Waals surface area (Å²) >= 11 is 3.28. The summed E-state index contributed by atoms with van der Waals surface area (Å²) in [5.41, 5.74) is -4.91. The van der Waals surface area contributed by atoms with Gasteiger partial charge in [0.2, 0.25) is 0 Å². The van der Waals surface area contributed by atoms with Gasteiger partial charge in [0.05, 0.1) is 35.7 Å². The molecule has 4 fully saturated rings. The maximum atomic E-state index is 15.3. The van der Waals surface area contributed by atoms with Crippen molar-refractivity contribution in [3.05, 3.63) is 47.0 Å². The van der Waals surface area contributed by atoms with Gasteiger partial charge in [0.25, 0.3) is 0 Å². The lowest BCUT2D eigenvalue weighted by Crippen LogP contribution is -2.82. The van der Waals surface area contributed by atoms with E-state index >= 15 is 4.79 Å². The minimum absolute atomic E-state index is 0.0672. The Kier molecular flexibility index (Phi) is 8.54. The van der Waals surface area contributed by atoms with Gasteiger partial charge in [-0.2, -0.15) is 0 Å². The molecule has 246 valence electrons. The topological polar surface area (TPSA) is 138 Å². The summed E-state index contributed by atoms with van der Waals surface area (Å²) in [4.78, 5) is 42.0. The first kappa shape index (κ1) is 33.0. The van der Waals surface area contributed by atoms with Gasteiger partial charge >= 0.3 is 11.9 Å². The molecule has 3 aliphatic carbocycles. The van der Waals surface area contributed by atoms with Gasteiger partial charge < -0.3 is 33.9 Å². The van der Waals surface area contributed by atoms with Gasteiger partial charge in [-0.05, 0) is 37.1 Å². The fourth-order valence-corrected chi connectivity index (χ4v) is 11.1. The molecule has 0 spiro atoms. The first-order valence-electron chi connectivity index (χ1n) is 15.4. The van der Waals surface area contributed by atoms with E-state index in [1.54, 1.807) is 81.6 Å². The van der Waals surface area contributed by atoms with Gasteiger partial charge in [-0.15, -0.1) is 23.5 Å². The largest absolute Gasteiger partial charge is 0.455 e. The number of aliphatic hydroxyl groups is 2. The third-order valence-corrected chi connectivity index (χ3v) is 13.7. The molecule has 1 aromatic rings. The third kappa shape index (κ3) is 4.85. The summed E-state index contributed by atoms with van der Waals surface area (Å²) in [6, 6.07) is 8.40. The third-order valence-electron chi connectivity index (χ3n) is 11.0. The summed E-state index contributed by atoms with van der Waals surface area (Å²) in [6.45, 7) is 8.27. The van der Waals surface area contributed by atoms with Gasteiger partial charge in [-0.1, -0.05) is 32.0 Å². The van der Waals surface area contributed by atoms with E-state index in [-0.39, 0.29) is 35.6 Å². The predicted molar refractivity (Wildman–Crippen MR) is 168 cm³/mol. The number of carbonyl (C=O) groups excluding carboxylic acids is 3. The lowest BCUT2D eigenvalue weighted by Gasteiger charge is -2.68. The van der Waals surface area contributed by atoms with Crippen molar-refractivity contribution in [2.75, 3.05) is 25.2 Å². The van der Waals surface area contributed by atoms with Gasteiger partial charge in [0.15, 0.2) is 11.4 Å². The van der Waals surface area contributed by atoms with Crippen LogP contribution in [-0.2, 0) is 33.3 Å². The van der Waals surface area contributed by atoms with Crippen LogP contribution >= 0.6 is 23.5 Å². The molecule has 2 N–H and O–H groups in total. The summed E-state index contributed by atoms with van der Waals surface area (Å²) in [5.74, 6) is -1.01. The van der Waals surface area contributed by atoms with Crippen LogP contribution in [0.25, 0.3) is 0 Å². The quantitative estimate of drug-likeness (QED) is 0.341. The Hall–Kier alpha value is -1.93. The average Bonchev–Trinajstić information content (AvgIpc) is 3.51. The van der Waals surface area contributed by atoms with E-state index in [2.05, 4.69) is 0 Å². The van der Waals surface area contributed by atoms with Crippen LogP contribution in [0.2, 0.25) is 0 Å². The van der Waals surface area contributed by atoms with Crippen molar-refractivity contribution < 1.29 is 48.3 Å². The molecule has 5 aliphatic rings. The van der Waals surface area contributed by atoms with Crippen molar-refractivity contribution in [3.8, 4) is 0 Å². The van der Waals surface area contributed by atoms with E-state index in [1.807, 2.05) is 0 Å². The van der Waals surface area contributed by atoms with Gasteiger partial charge in [-0.25, -0.2) is 4.79 Å². The van der Waals surface area contributed by atoms with Gasteiger partial charge in [0, 0.05) is 43.8 Å². The molecule has 12 heteroatoms. The van der Waals surface area contributed by atoms with Crippen molar-refractivity contribution in [3.63, 3.8) is 0 Å². The molecule has 45 heavy (non-hydrogen) atoms. The molecule has 2 heterocycles. The highest BCUT2D eigenvalue weighted by atomic mass is 32.2. The van der Waals surface area contributed by atoms with Crippen LogP contribution < -0.4 is 0 Å². The zero-order valence-corrected chi connectivity index (χ0v) is 28.1. The zero-order valence-electron chi connectivity index (χ0n) is 26.4. The van der Waals surface area contributed by atoms with E-state index in [0.717, 1.165) is 11.5 Å². The standard InChI is InChI=1S/C33H42O10S2/c1-17-20(35)15-33(38)27(42-28(37)19-10-8-7-9-11-19)25-31(5,26(36)24(39-6)23(17)30(33,3)4)21(41-29-44-12-13-45-29)14-22-32(25,16-40-22)43-18(2)34/h7-11,20-22,24-25,27,29,35,38H,12-16H2,1-6H3/t20-,21-,22+,24+,25-,27-,31+,32-,33+/m0/s1. The lowest BCUT2D eigenvalue weighted by molar-refractivity contribution is -0.348. The van der Waals surface area contributed by atoms with Crippen LogP contribution in [0.5, 0.6) is 0 Å². The average molecular weight is 663 g/mol. The number of esters is 2. The number of rotatable bonds is 6. The Morgan fingerprint density at radius 2 is 1.76 bits per heavy atom. The Bertz CT molecular complexity index is 1390. The van der Waals surface area contributed by atoms with E-state index in [0.29, 0.717) is 11.1 Å². The summed E-state index contributed by atoms with van der Waals surface area (Å²) < 4.78 is 31.1. The fourth-order valence-electron chi connectivity index (χ4n) is 8.58.